The van der Waals surface area contributed by atoms with Gasteiger partial charge in [0.15, 0.2) is 0 Å². The van der Waals surface area contributed by atoms with E-state index in [0.29, 0.717) is 0 Å². The standard InChI is InChI=1S/C8H10Cl2F2N2/c1-8(2,3)14-6(10)4(9)5(13-14)7(11)12/h7H,1-3H3. The third-order valence-electron chi connectivity index (χ3n) is 1.64. The van der Waals surface area contributed by atoms with Crippen molar-refractivity contribution < 1.29 is 8.78 Å². The van der Waals surface area contributed by atoms with E-state index in [2.05, 4.69) is 5.10 Å². The van der Waals surface area contributed by atoms with Crippen LogP contribution in [0.15, 0.2) is 0 Å². The highest BCUT2D eigenvalue weighted by molar-refractivity contribution is 6.41. The molecule has 0 radical (unpaired) electrons. The van der Waals surface area contributed by atoms with E-state index in [1.54, 1.807) is 20.8 Å². The zero-order chi connectivity index (χ0) is 11.1. The third kappa shape index (κ3) is 2.01. The molecule has 0 aliphatic rings. The topological polar surface area (TPSA) is 17.8 Å². The molecule has 2 nitrogen and oxygen atoms in total. The Kier molecular flexibility index (Phi) is 3.07. The van der Waals surface area contributed by atoms with Gasteiger partial charge in [0.25, 0.3) is 6.43 Å². The molecule has 0 N–H and O–H groups in total. The Hall–Kier alpha value is -0.350. The van der Waals surface area contributed by atoms with E-state index in [-0.39, 0.29) is 10.2 Å². The molecule has 0 saturated heterocycles. The van der Waals surface area contributed by atoms with E-state index in [1.807, 2.05) is 0 Å². The lowest BCUT2D eigenvalue weighted by Gasteiger charge is -2.20. The molecule has 0 atom stereocenters. The van der Waals surface area contributed by atoms with Gasteiger partial charge in [0.2, 0.25) is 0 Å². The smallest absolute Gasteiger partial charge is 0.247 e. The maximum absolute atomic E-state index is 12.4. The molecular weight excluding hydrogens is 233 g/mol. The first-order valence-corrected chi connectivity index (χ1v) is 4.73. The second-order valence-corrected chi connectivity index (χ2v) is 4.61. The first-order valence-electron chi connectivity index (χ1n) is 3.97. The highest BCUT2D eigenvalue weighted by Crippen LogP contribution is 2.34. The molecule has 14 heavy (non-hydrogen) atoms. The molecule has 0 unspecified atom stereocenters. The molecule has 0 fully saturated rings. The Balaban J connectivity index is 3.29. The molecule has 1 heterocycles. The lowest BCUT2D eigenvalue weighted by molar-refractivity contribution is 0.143. The van der Waals surface area contributed by atoms with Crippen LogP contribution in [0.5, 0.6) is 0 Å². The number of hydrogen-bond acceptors (Lipinski definition) is 1. The van der Waals surface area contributed by atoms with Crippen LogP contribution in [0, 0.1) is 0 Å². The van der Waals surface area contributed by atoms with Crippen molar-refractivity contribution in [2.24, 2.45) is 0 Å². The number of aromatic nitrogens is 2. The summed E-state index contributed by atoms with van der Waals surface area (Å²) in [6.07, 6.45) is -2.70. The van der Waals surface area contributed by atoms with E-state index < -0.39 is 17.7 Å². The highest BCUT2D eigenvalue weighted by Gasteiger charge is 2.26. The van der Waals surface area contributed by atoms with E-state index in [1.165, 1.54) is 4.68 Å². The summed E-state index contributed by atoms with van der Waals surface area (Å²) >= 11 is 11.4. The van der Waals surface area contributed by atoms with E-state index in [4.69, 9.17) is 23.2 Å². The maximum Gasteiger partial charge on any atom is 0.283 e. The molecule has 0 amide bonds. The van der Waals surface area contributed by atoms with Crippen molar-refractivity contribution in [2.75, 3.05) is 0 Å². The summed E-state index contributed by atoms with van der Waals surface area (Å²) in [5.74, 6) is 0. The van der Waals surface area contributed by atoms with Gasteiger partial charge in [-0.15, -0.1) is 0 Å². The summed E-state index contributed by atoms with van der Waals surface area (Å²) in [5, 5.41) is 3.56. The fourth-order valence-electron chi connectivity index (χ4n) is 0.978. The Morgan fingerprint density at radius 3 is 2.00 bits per heavy atom. The maximum atomic E-state index is 12.4. The molecule has 80 valence electrons. The van der Waals surface area contributed by atoms with Crippen molar-refractivity contribution in [3.63, 3.8) is 0 Å². The zero-order valence-electron chi connectivity index (χ0n) is 7.98. The van der Waals surface area contributed by atoms with E-state index in [9.17, 15) is 8.78 Å². The van der Waals surface area contributed by atoms with Gasteiger partial charge in [0.05, 0.1) is 5.54 Å². The van der Waals surface area contributed by atoms with Crippen LogP contribution in [-0.4, -0.2) is 9.78 Å². The zero-order valence-corrected chi connectivity index (χ0v) is 9.50. The quantitative estimate of drug-likeness (QED) is 0.731. The molecule has 0 aliphatic heterocycles. The first kappa shape index (κ1) is 11.7. The first-order chi connectivity index (χ1) is 6.25. The van der Waals surface area contributed by atoms with Crippen LogP contribution < -0.4 is 0 Å². The molecule has 0 aliphatic carbocycles. The Morgan fingerprint density at radius 1 is 1.29 bits per heavy atom. The van der Waals surface area contributed by atoms with Crippen LogP contribution >= 0.6 is 23.2 Å². The molecule has 1 aromatic rings. The number of alkyl halides is 2. The molecular formula is C8H10Cl2F2N2. The number of halogens is 4. The summed E-state index contributed by atoms with van der Waals surface area (Å²) in [5.41, 5.74) is -0.931. The third-order valence-corrected chi connectivity index (χ3v) is 2.46. The van der Waals surface area contributed by atoms with Crippen LogP contribution in [0.2, 0.25) is 10.2 Å². The van der Waals surface area contributed by atoms with E-state index >= 15 is 0 Å². The van der Waals surface area contributed by atoms with Gasteiger partial charge in [-0.05, 0) is 20.8 Å². The summed E-state index contributed by atoms with van der Waals surface area (Å²) in [4.78, 5) is 0. The van der Waals surface area contributed by atoms with Gasteiger partial charge in [-0.2, -0.15) is 5.10 Å². The lowest BCUT2D eigenvalue weighted by Crippen LogP contribution is -2.23. The fraction of sp³-hybridized carbons (Fsp3) is 0.625. The molecule has 0 spiro atoms. The average Bonchev–Trinajstić information content (AvgIpc) is 2.28. The monoisotopic (exact) mass is 242 g/mol. The van der Waals surface area contributed by atoms with Gasteiger partial charge < -0.3 is 0 Å². The lowest BCUT2D eigenvalue weighted by atomic mass is 10.1. The van der Waals surface area contributed by atoms with Crippen molar-refractivity contribution in [3.05, 3.63) is 15.9 Å². The number of nitrogens with zero attached hydrogens (tertiary/aromatic N) is 2. The molecule has 1 aromatic heterocycles. The summed E-state index contributed by atoms with van der Waals surface area (Å²) in [6.45, 7) is 5.41. The Morgan fingerprint density at radius 2 is 1.79 bits per heavy atom. The van der Waals surface area contributed by atoms with E-state index in [0.717, 1.165) is 0 Å². The second kappa shape index (κ2) is 3.66. The average molecular weight is 243 g/mol. The minimum atomic E-state index is -2.70. The highest BCUT2D eigenvalue weighted by atomic mass is 35.5. The van der Waals surface area contributed by atoms with Crippen molar-refractivity contribution in [3.8, 4) is 0 Å². The molecule has 6 heteroatoms. The summed E-state index contributed by atoms with van der Waals surface area (Å²) < 4.78 is 26.1. The Bertz CT molecular complexity index is 342. The molecule has 0 aromatic carbocycles. The fourth-order valence-corrected chi connectivity index (χ4v) is 1.57. The van der Waals surface area contributed by atoms with Gasteiger partial charge in [-0.3, -0.25) is 0 Å². The van der Waals surface area contributed by atoms with Gasteiger partial charge in [0, 0.05) is 0 Å². The van der Waals surface area contributed by atoms with Crippen LogP contribution in [0.3, 0.4) is 0 Å². The SMILES string of the molecule is CC(C)(C)n1nc(C(F)F)c(Cl)c1Cl. The minimum absolute atomic E-state index is 0.0504. The molecule has 0 bridgehead atoms. The summed E-state index contributed by atoms with van der Waals surface area (Å²) in [7, 11) is 0. The van der Waals surface area contributed by atoms with Crippen LogP contribution in [0.4, 0.5) is 8.78 Å². The molecule has 1 rings (SSSR count). The second-order valence-electron chi connectivity index (χ2n) is 3.87. The van der Waals surface area contributed by atoms with Crippen molar-refractivity contribution in [1.82, 2.24) is 9.78 Å². The van der Waals surface area contributed by atoms with Crippen molar-refractivity contribution in [2.45, 2.75) is 32.7 Å². The predicted molar refractivity (Wildman–Crippen MR) is 52.2 cm³/mol. The number of rotatable bonds is 1. The van der Waals surface area contributed by atoms with Gasteiger partial charge in [-0.25, -0.2) is 13.5 Å². The normalized spacial score (nSPS) is 12.6. The van der Waals surface area contributed by atoms with Crippen molar-refractivity contribution in [1.29, 1.82) is 0 Å². The number of hydrogen-bond donors (Lipinski definition) is 0. The van der Waals surface area contributed by atoms with Crippen LogP contribution in [0.1, 0.15) is 32.9 Å². The Labute approximate surface area is 90.8 Å². The van der Waals surface area contributed by atoms with Crippen LogP contribution in [-0.2, 0) is 5.54 Å². The predicted octanol–water partition coefficient (Wildman–Crippen LogP) is 3.88. The van der Waals surface area contributed by atoms with Gasteiger partial charge >= 0.3 is 0 Å². The van der Waals surface area contributed by atoms with Gasteiger partial charge in [-0.1, -0.05) is 23.2 Å². The van der Waals surface area contributed by atoms with Crippen LogP contribution in [0.25, 0.3) is 0 Å². The largest absolute Gasteiger partial charge is 0.283 e. The molecule has 0 saturated carbocycles. The summed E-state index contributed by atoms with van der Waals surface area (Å²) in [6, 6.07) is 0. The van der Waals surface area contributed by atoms with Crippen molar-refractivity contribution >= 4 is 23.2 Å². The minimum Gasteiger partial charge on any atom is -0.247 e. The van der Waals surface area contributed by atoms with Gasteiger partial charge in [0.1, 0.15) is 15.9 Å².